The summed E-state index contributed by atoms with van der Waals surface area (Å²) in [5.41, 5.74) is 0. The molecule has 0 aromatic carbocycles. The molecular formula is C9H16O4. The molecule has 0 bridgehead atoms. The van der Waals surface area contributed by atoms with Gasteiger partial charge in [-0.1, -0.05) is 0 Å². The first-order valence-corrected chi connectivity index (χ1v) is 4.70. The summed E-state index contributed by atoms with van der Waals surface area (Å²) in [4.78, 5) is 10.1. The second-order valence-corrected chi connectivity index (χ2v) is 3.21. The maximum absolute atomic E-state index is 10.1. The number of hydrogen-bond acceptors (Lipinski definition) is 3. The lowest BCUT2D eigenvalue weighted by Crippen LogP contribution is -2.14. The summed E-state index contributed by atoms with van der Waals surface area (Å²) in [6.07, 6.45) is 3.19. The Bertz CT molecular complexity index is 152. The first kappa shape index (κ1) is 10.5. The summed E-state index contributed by atoms with van der Waals surface area (Å²) >= 11 is 0. The third kappa shape index (κ3) is 4.85. The maximum atomic E-state index is 10.1. The van der Waals surface area contributed by atoms with E-state index in [1.165, 1.54) is 0 Å². The van der Waals surface area contributed by atoms with Gasteiger partial charge in [0.05, 0.1) is 12.7 Å². The van der Waals surface area contributed by atoms with Crippen LogP contribution in [0.1, 0.15) is 25.7 Å². The standard InChI is InChI=1S/C9H16O4/c10-9(11)4-2-5-12-7-8-3-1-6-13-8/h8H,1-7H2,(H,10,11). The second-order valence-electron chi connectivity index (χ2n) is 3.21. The third-order valence-electron chi connectivity index (χ3n) is 2.01. The summed E-state index contributed by atoms with van der Waals surface area (Å²) in [5.74, 6) is -0.763. The van der Waals surface area contributed by atoms with Gasteiger partial charge in [-0.2, -0.15) is 0 Å². The first-order chi connectivity index (χ1) is 6.29. The highest BCUT2D eigenvalue weighted by atomic mass is 16.5. The van der Waals surface area contributed by atoms with Gasteiger partial charge < -0.3 is 14.6 Å². The van der Waals surface area contributed by atoms with E-state index in [0.717, 1.165) is 19.4 Å². The molecule has 0 aromatic rings. The number of ether oxygens (including phenoxy) is 2. The third-order valence-corrected chi connectivity index (χ3v) is 2.01. The van der Waals surface area contributed by atoms with Gasteiger partial charge in [0, 0.05) is 19.6 Å². The van der Waals surface area contributed by atoms with Gasteiger partial charge in [0.1, 0.15) is 0 Å². The molecule has 1 atom stereocenters. The minimum atomic E-state index is -0.763. The van der Waals surface area contributed by atoms with Crippen molar-refractivity contribution >= 4 is 5.97 Å². The Kier molecular flexibility index (Phi) is 4.78. The lowest BCUT2D eigenvalue weighted by atomic mass is 10.2. The van der Waals surface area contributed by atoms with Crippen molar-refractivity contribution < 1.29 is 19.4 Å². The molecule has 0 saturated carbocycles. The number of rotatable bonds is 6. The van der Waals surface area contributed by atoms with Crippen LogP contribution in [-0.4, -0.2) is 37.0 Å². The van der Waals surface area contributed by atoms with Gasteiger partial charge >= 0.3 is 5.97 Å². The van der Waals surface area contributed by atoms with Crippen molar-refractivity contribution in [2.75, 3.05) is 19.8 Å². The molecule has 13 heavy (non-hydrogen) atoms. The van der Waals surface area contributed by atoms with Crippen molar-refractivity contribution in [1.82, 2.24) is 0 Å². The normalized spacial score (nSPS) is 22.0. The molecule has 1 aliphatic heterocycles. The highest BCUT2D eigenvalue weighted by Gasteiger charge is 2.14. The number of carbonyl (C=O) groups is 1. The smallest absolute Gasteiger partial charge is 0.303 e. The zero-order valence-corrected chi connectivity index (χ0v) is 7.70. The SMILES string of the molecule is O=C(O)CCCOCC1CCCO1. The Morgan fingerprint density at radius 2 is 2.46 bits per heavy atom. The number of carboxylic acid groups (broad SMARTS) is 1. The average Bonchev–Trinajstić information content (AvgIpc) is 2.55. The van der Waals surface area contributed by atoms with Crippen molar-refractivity contribution in [2.24, 2.45) is 0 Å². The van der Waals surface area contributed by atoms with E-state index in [1.807, 2.05) is 0 Å². The number of hydrogen-bond donors (Lipinski definition) is 1. The van der Waals surface area contributed by atoms with Crippen LogP contribution in [0, 0.1) is 0 Å². The van der Waals surface area contributed by atoms with Gasteiger partial charge in [-0.3, -0.25) is 4.79 Å². The van der Waals surface area contributed by atoms with Gasteiger partial charge in [0.15, 0.2) is 0 Å². The fourth-order valence-electron chi connectivity index (χ4n) is 1.32. The van der Waals surface area contributed by atoms with E-state index < -0.39 is 5.97 Å². The Balaban J connectivity index is 1.86. The van der Waals surface area contributed by atoms with Crippen LogP contribution in [0.5, 0.6) is 0 Å². The molecule has 1 saturated heterocycles. The fourth-order valence-corrected chi connectivity index (χ4v) is 1.32. The second kappa shape index (κ2) is 5.94. The topological polar surface area (TPSA) is 55.8 Å². The summed E-state index contributed by atoms with van der Waals surface area (Å²) in [6.45, 7) is 1.97. The van der Waals surface area contributed by atoms with Crippen LogP contribution in [0.2, 0.25) is 0 Å². The predicted molar refractivity (Wildman–Crippen MR) is 46.7 cm³/mol. The van der Waals surface area contributed by atoms with Crippen LogP contribution in [0.4, 0.5) is 0 Å². The molecule has 1 rings (SSSR count). The van der Waals surface area contributed by atoms with Gasteiger partial charge in [-0.15, -0.1) is 0 Å². The average molecular weight is 188 g/mol. The lowest BCUT2D eigenvalue weighted by molar-refractivity contribution is -0.137. The molecule has 4 heteroatoms. The molecule has 1 heterocycles. The number of aliphatic carboxylic acids is 1. The molecule has 1 N–H and O–H groups in total. The van der Waals surface area contributed by atoms with E-state index >= 15 is 0 Å². The molecule has 1 fully saturated rings. The molecular weight excluding hydrogens is 172 g/mol. The highest BCUT2D eigenvalue weighted by molar-refractivity contribution is 5.66. The summed E-state index contributed by atoms with van der Waals surface area (Å²) in [7, 11) is 0. The fraction of sp³-hybridized carbons (Fsp3) is 0.889. The monoisotopic (exact) mass is 188 g/mol. The summed E-state index contributed by atoms with van der Waals surface area (Å²) in [5, 5.41) is 8.34. The molecule has 1 unspecified atom stereocenters. The summed E-state index contributed by atoms with van der Waals surface area (Å²) in [6, 6.07) is 0. The van der Waals surface area contributed by atoms with Crippen molar-refractivity contribution in [3.05, 3.63) is 0 Å². The van der Waals surface area contributed by atoms with E-state index in [-0.39, 0.29) is 12.5 Å². The van der Waals surface area contributed by atoms with Crippen molar-refractivity contribution in [2.45, 2.75) is 31.8 Å². The Morgan fingerprint density at radius 1 is 1.62 bits per heavy atom. The van der Waals surface area contributed by atoms with Crippen LogP contribution < -0.4 is 0 Å². The van der Waals surface area contributed by atoms with E-state index in [9.17, 15) is 4.79 Å². The zero-order chi connectivity index (χ0) is 9.52. The number of carboxylic acids is 1. The molecule has 0 radical (unpaired) electrons. The highest BCUT2D eigenvalue weighted by Crippen LogP contribution is 2.11. The van der Waals surface area contributed by atoms with Gasteiger partial charge in [-0.25, -0.2) is 0 Å². The Labute approximate surface area is 77.8 Å². The molecule has 0 spiro atoms. The van der Waals surface area contributed by atoms with Crippen LogP contribution in [-0.2, 0) is 14.3 Å². The van der Waals surface area contributed by atoms with Crippen molar-refractivity contribution in [1.29, 1.82) is 0 Å². The maximum Gasteiger partial charge on any atom is 0.303 e. The van der Waals surface area contributed by atoms with E-state index in [1.54, 1.807) is 0 Å². The van der Waals surface area contributed by atoms with E-state index in [4.69, 9.17) is 14.6 Å². The first-order valence-electron chi connectivity index (χ1n) is 4.70. The van der Waals surface area contributed by atoms with Crippen LogP contribution in [0.25, 0.3) is 0 Å². The predicted octanol–water partition coefficient (Wildman–Crippen LogP) is 1.05. The molecule has 0 aromatic heterocycles. The molecule has 76 valence electrons. The zero-order valence-electron chi connectivity index (χ0n) is 7.70. The largest absolute Gasteiger partial charge is 0.481 e. The quantitative estimate of drug-likeness (QED) is 0.633. The Hall–Kier alpha value is -0.610. The lowest BCUT2D eigenvalue weighted by Gasteiger charge is -2.08. The Morgan fingerprint density at radius 3 is 3.08 bits per heavy atom. The molecule has 0 amide bonds. The minimum Gasteiger partial charge on any atom is -0.481 e. The van der Waals surface area contributed by atoms with Crippen LogP contribution in [0.3, 0.4) is 0 Å². The van der Waals surface area contributed by atoms with Gasteiger partial charge in [-0.05, 0) is 19.3 Å². The molecule has 0 aliphatic carbocycles. The molecule has 1 aliphatic rings. The molecule has 4 nitrogen and oxygen atoms in total. The van der Waals surface area contributed by atoms with E-state index in [0.29, 0.717) is 19.6 Å². The minimum absolute atomic E-state index is 0.186. The van der Waals surface area contributed by atoms with Crippen LogP contribution in [0.15, 0.2) is 0 Å². The van der Waals surface area contributed by atoms with Crippen molar-refractivity contribution in [3.8, 4) is 0 Å². The van der Waals surface area contributed by atoms with E-state index in [2.05, 4.69) is 0 Å². The van der Waals surface area contributed by atoms with Gasteiger partial charge in [0.2, 0.25) is 0 Å². The van der Waals surface area contributed by atoms with Gasteiger partial charge in [0.25, 0.3) is 0 Å². The van der Waals surface area contributed by atoms with Crippen LogP contribution >= 0.6 is 0 Å². The summed E-state index contributed by atoms with van der Waals surface area (Å²) < 4.78 is 10.6. The van der Waals surface area contributed by atoms with Crippen molar-refractivity contribution in [3.63, 3.8) is 0 Å².